The maximum Gasteiger partial charge on any atom is 0.236 e. The van der Waals surface area contributed by atoms with E-state index in [9.17, 15) is 9.59 Å². The van der Waals surface area contributed by atoms with Gasteiger partial charge in [0.1, 0.15) is 22.1 Å². The van der Waals surface area contributed by atoms with Gasteiger partial charge in [-0.2, -0.15) is 0 Å². The van der Waals surface area contributed by atoms with Crippen molar-refractivity contribution in [3.63, 3.8) is 0 Å². The molecule has 3 atom stereocenters. The number of nitrogens with zero attached hydrogens (tertiary/aromatic N) is 3. The molecule has 0 fully saturated rings. The molecule has 1 aromatic carbocycles. The number of benzene rings is 1. The van der Waals surface area contributed by atoms with Gasteiger partial charge in [0.2, 0.25) is 17.2 Å². The van der Waals surface area contributed by atoms with Crippen molar-refractivity contribution in [3.05, 3.63) is 58.6 Å². The summed E-state index contributed by atoms with van der Waals surface area (Å²) in [5.74, 6) is -0.0269. The number of hydrogen-bond acceptors (Lipinski definition) is 8. The van der Waals surface area contributed by atoms with Gasteiger partial charge in [0.15, 0.2) is 17.2 Å². The highest BCUT2D eigenvalue weighted by molar-refractivity contribution is 6.36. The van der Waals surface area contributed by atoms with E-state index >= 15 is 0 Å². The summed E-state index contributed by atoms with van der Waals surface area (Å²) in [6, 6.07) is 6.95. The molecular formula is C24H23ClN4O5. The molecule has 1 aliphatic carbocycles. The largest absolute Gasteiger partial charge is 0.496 e. The molecule has 1 aliphatic heterocycles. The highest BCUT2D eigenvalue weighted by Crippen LogP contribution is 2.53. The predicted octanol–water partition coefficient (Wildman–Crippen LogP) is 3.56. The monoisotopic (exact) mass is 482 g/mol. The van der Waals surface area contributed by atoms with Crippen molar-refractivity contribution in [2.75, 3.05) is 14.2 Å². The lowest BCUT2D eigenvalue weighted by molar-refractivity contribution is -0.129. The number of carbonyl (C=O) groups excluding carboxylic acids is 2. The van der Waals surface area contributed by atoms with Gasteiger partial charge in [-0.15, -0.1) is 10.2 Å². The minimum atomic E-state index is -1.71. The average Bonchev–Trinajstić information content (AvgIpc) is 3.39. The fourth-order valence-corrected chi connectivity index (χ4v) is 4.99. The topological polar surface area (TPSA) is 104 Å². The highest BCUT2D eigenvalue weighted by atomic mass is 35.5. The first-order chi connectivity index (χ1) is 16.3. The number of nitrogens with one attached hydrogen (secondary N) is 1. The maximum atomic E-state index is 13.6. The fraction of sp³-hybridized carbons (Fsp3) is 0.333. The first-order valence-corrected chi connectivity index (χ1v) is 11.2. The molecule has 0 amide bonds. The zero-order valence-corrected chi connectivity index (χ0v) is 19.8. The Balaban J connectivity index is 1.47. The van der Waals surface area contributed by atoms with Crippen LogP contribution in [0.4, 0.5) is 0 Å². The molecule has 9 nitrogen and oxygen atoms in total. The average molecular weight is 483 g/mol. The number of fused-ring (bicyclic) bond motifs is 2. The van der Waals surface area contributed by atoms with E-state index in [-0.39, 0.29) is 28.1 Å². The zero-order valence-electron chi connectivity index (χ0n) is 19.1. The fourth-order valence-electron chi connectivity index (χ4n) is 4.73. The van der Waals surface area contributed by atoms with Crippen LogP contribution in [0.2, 0.25) is 5.02 Å². The summed E-state index contributed by atoms with van der Waals surface area (Å²) in [7, 11) is 2.89. The Bertz CT molecular complexity index is 1370. The van der Waals surface area contributed by atoms with Crippen molar-refractivity contribution in [1.82, 2.24) is 19.9 Å². The molecule has 0 unspecified atom stereocenters. The van der Waals surface area contributed by atoms with Crippen LogP contribution < -0.4 is 19.5 Å². The van der Waals surface area contributed by atoms with E-state index in [0.29, 0.717) is 23.7 Å². The van der Waals surface area contributed by atoms with Crippen LogP contribution in [0.1, 0.15) is 42.5 Å². The second-order valence-electron chi connectivity index (χ2n) is 8.46. The van der Waals surface area contributed by atoms with E-state index in [0.717, 1.165) is 5.65 Å². The number of carbonyl (C=O) groups is 2. The van der Waals surface area contributed by atoms with E-state index in [1.165, 1.54) is 26.4 Å². The standard InChI is InChI=1S/C24H23ClN4O5/c1-12-9-14(26-13(2)23-28-27-18-7-5-6-8-29(18)23)10-17(30)24(12)22(31)19-15(32-3)11-16(33-4)20(25)21(19)34-24/h5-8,10-13,26H,9H2,1-4H3/t12-,13-,24+/m1/s1. The Hall–Kier alpha value is -3.59. The molecule has 10 heteroatoms. The summed E-state index contributed by atoms with van der Waals surface area (Å²) < 4.78 is 18.6. The number of ketones is 2. The molecule has 176 valence electrons. The van der Waals surface area contributed by atoms with Gasteiger partial charge in [-0.05, 0) is 25.5 Å². The van der Waals surface area contributed by atoms with Gasteiger partial charge in [0.05, 0.1) is 20.3 Å². The van der Waals surface area contributed by atoms with Crippen LogP contribution in [0, 0.1) is 5.92 Å². The number of aromatic nitrogens is 3. The lowest BCUT2D eigenvalue weighted by atomic mass is 9.74. The Morgan fingerprint density at radius 1 is 1.24 bits per heavy atom. The summed E-state index contributed by atoms with van der Waals surface area (Å²) in [6.45, 7) is 3.75. The van der Waals surface area contributed by atoms with Gasteiger partial charge in [-0.25, -0.2) is 0 Å². The summed E-state index contributed by atoms with van der Waals surface area (Å²) >= 11 is 6.44. The van der Waals surface area contributed by atoms with Crippen LogP contribution in [0.3, 0.4) is 0 Å². The molecule has 2 aromatic heterocycles. The highest BCUT2D eigenvalue weighted by Gasteiger charge is 2.60. The number of pyridine rings is 1. The summed E-state index contributed by atoms with van der Waals surface area (Å²) in [5.41, 5.74) is -0.134. The third kappa shape index (κ3) is 3.07. The SMILES string of the molecule is COc1cc(OC)c2c(c1Cl)O[C@@]1(C(=O)C=C(N[C@H](C)c3nnc4ccccn34)C[C@H]1C)C2=O. The molecule has 3 heterocycles. The molecule has 5 rings (SSSR count). The summed E-state index contributed by atoms with van der Waals surface area (Å²) in [6.07, 6.45) is 3.72. The molecule has 0 radical (unpaired) electrons. The first-order valence-electron chi connectivity index (χ1n) is 10.8. The molecule has 2 aliphatic rings. The number of allylic oxidation sites excluding steroid dienone is 1. The third-order valence-electron chi connectivity index (χ3n) is 6.44. The maximum absolute atomic E-state index is 13.6. The number of hydrogen-bond donors (Lipinski definition) is 1. The number of rotatable bonds is 5. The quantitative estimate of drug-likeness (QED) is 0.550. The van der Waals surface area contributed by atoms with Crippen LogP contribution in [0.25, 0.3) is 5.65 Å². The third-order valence-corrected chi connectivity index (χ3v) is 6.80. The van der Waals surface area contributed by atoms with Crippen LogP contribution in [0.5, 0.6) is 17.2 Å². The number of Topliss-reactive ketones (excluding diaryl/α,β-unsaturated/α-hetero) is 1. The summed E-state index contributed by atoms with van der Waals surface area (Å²) in [5, 5.41) is 11.9. The second-order valence-corrected chi connectivity index (χ2v) is 8.84. The van der Waals surface area contributed by atoms with Gasteiger partial charge in [0, 0.05) is 30.0 Å². The number of methoxy groups -OCH3 is 2. The molecule has 3 aromatic rings. The van der Waals surface area contributed by atoms with E-state index < -0.39 is 23.1 Å². The molecule has 0 saturated carbocycles. The second kappa shape index (κ2) is 8.02. The van der Waals surface area contributed by atoms with Gasteiger partial charge in [0.25, 0.3) is 0 Å². The number of ether oxygens (including phenoxy) is 3. The van der Waals surface area contributed by atoms with Gasteiger partial charge >= 0.3 is 0 Å². The molecular weight excluding hydrogens is 460 g/mol. The van der Waals surface area contributed by atoms with Crippen molar-refractivity contribution in [2.45, 2.75) is 31.9 Å². The molecule has 1 N–H and O–H groups in total. The van der Waals surface area contributed by atoms with E-state index in [1.54, 1.807) is 0 Å². The van der Waals surface area contributed by atoms with E-state index in [1.807, 2.05) is 42.6 Å². The van der Waals surface area contributed by atoms with Crippen molar-refractivity contribution in [2.24, 2.45) is 5.92 Å². The lowest BCUT2D eigenvalue weighted by Gasteiger charge is -2.35. The smallest absolute Gasteiger partial charge is 0.236 e. The number of halogens is 1. The normalized spacial score (nSPS) is 22.4. The van der Waals surface area contributed by atoms with E-state index in [2.05, 4.69) is 15.5 Å². The molecule has 0 saturated heterocycles. The molecule has 34 heavy (non-hydrogen) atoms. The van der Waals surface area contributed by atoms with Crippen LogP contribution in [-0.4, -0.2) is 46.0 Å². The minimum Gasteiger partial charge on any atom is -0.496 e. The predicted molar refractivity (Wildman–Crippen MR) is 124 cm³/mol. The van der Waals surface area contributed by atoms with Gasteiger partial charge < -0.3 is 19.5 Å². The van der Waals surface area contributed by atoms with Crippen molar-refractivity contribution < 1.29 is 23.8 Å². The van der Waals surface area contributed by atoms with Crippen LogP contribution >= 0.6 is 11.6 Å². The lowest BCUT2D eigenvalue weighted by Crippen LogP contribution is -2.55. The molecule has 1 spiro atoms. The van der Waals surface area contributed by atoms with Crippen LogP contribution in [-0.2, 0) is 4.79 Å². The minimum absolute atomic E-state index is 0.108. The Morgan fingerprint density at radius 3 is 2.71 bits per heavy atom. The zero-order chi connectivity index (χ0) is 24.2. The Labute approximate surface area is 200 Å². The van der Waals surface area contributed by atoms with Crippen molar-refractivity contribution in [3.8, 4) is 17.2 Å². The Kier molecular flexibility index (Phi) is 5.24. The van der Waals surface area contributed by atoms with E-state index in [4.69, 9.17) is 25.8 Å². The van der Waals surface area contributed by atoms with Gasteiger partial charge in [-0.3, -0.25) is 14.0 Å². The Morgan fingerprint density at radius 2 is 2.00 bits per heavy atom. The van der Waals surface area contributed by atoms with Crippen molar-refractivity contribution in [1.29, 1.82) is 0 Å². The first kappa shape index (κ1) is 22.2. The van der Waals surface area contributed by atoms with Crippen molar-refractivity contribution >= 4 is 28.8 Å². The summed E-state index contributed by atoms with van der Waals surface area (Å²) in [4.78, 5) is 27.0. The molecule has 0 bridgehead atoms. The van der Waals surface area contributed by atoms with Gasteiger partial charge in [-0.1, -0.05) is 24.6 Å². The van der Waals surface area contributed by atoms with Crippen LogP contribution in [0.15, 0.2) is 42.2 Å².